The first kappa shape index (κ1) is 27.8. The van der Waals surface area contributed by atoms with E-state index in [1.807, 2.05) is 12.3 Å². The van der Waals surface area contributed by atoms with Crippen LogP contribution < -0.4 is 0 Å². The summed E-state index contributed by atoms with van der Waals surface area (Å²) in [6.07, 6.45) is 1.90. The van der Waals surface area contributed by atoms with Crippen molar-refractivity contribution in [1.82, 2.24) is 14.1 Å². The number of pyridine rings is 1. The number of para-hydroxylation sites is 2. The zero-order chi connectivity index (χ0) is 33.9. The van der Waals surface area contributed by atoms with E-state index in [1.54, 1.807) is 0 Å². The van der Waals surface area contributed by atoms with Crippen molar-refractivity contribution in [2.24, 2.45) is 0 Å². The highest BCUT2D eigenvalue weighted by Gasteiger charge is 2.24. The van der Waals surface area contributed by atoms with Crippen LogP contribution in [-0.2, 0) is 0 Å². The van der Waals surface area contributed by atoms with Crippen LogP contribution in [-0.4, -0.2) is 14.1 Å². The highest BCUT2D eigenvalue weighted by Crippen LogP contribution is 2.48. The molecule has 0 fully saturated rings. The average molecular weight is 660 g/mol. The van der Waals surface area contributed by atoms with Gasteiger partial charge in [0.2, 0.25) is 0 Å². The van der Waals surface area contributed by atoms with Gasteiger partial charge >= 0.3 is 0 Å². The van der Waals surface area contributed by atoms with E-state index >= 15 is 0 Å². The number of benzene rings is 8. The fourth-order valence-corrected chi connectivity index (χ4v) is 9.04. The Balaban J connectivity index is 1.12. The van der Waals surface area contributed by atoms with E-state index in [4.69, 9.17) is 4.98 Å². The predicted molar refractivity (Wildman–Crippen MR) is 218 cm³/mol. The van der Waals surface area contributed by atoms with Crippen LogP contribution in [0.15, 0.2) is 176 Å². The molecule has 0 amide bonds. The van der Waals surface area contributed by atoms with E-state index in [9.17, 15) is 0 Å². The fourth-order valence-electron chi connectivity index (χ4n) is 9.04. The molecule has 3 heterocycles. The van der Waals surface area contributed by atoms with Crippen molar-refractivity contribution in [1.29, 1.82) is 0 Å². The molecule has 0 unspecified atom stereocenters. The Bertz CT molecular complexity index is 3290. The smallest absolute Gasteiger partial charge is 0.0786 e. The zero-order valence-corrected chi connectivity index (χ0v) is 28.1. The van der Waals surface area contributed by atoms with Crippen molar-refractivity contribution in [3.63, 3.8) is 0 Å². The van der Waals surface area contributed by atoms with Gasteiger partial charge in [-0.05, 0) is 105 Å². The third-order valence-electron chi connectivity index (χ3n) is 11.2. The number of fused-ring (bicyclic) bond motifs is 11. The summed E-state index contributed by atoms with van der Waals surface area (Å²) in [6, 6.07) is 62.4. The molecular formula is C49H29N3. The van der Waals surface area contributed by atoms with Crippen molar-refractivity contribution < 1.29 is 0 Å². The van der Waals surface area contributed by atoms with Crippen molar-refractivity contribution in [3.8, 4) is 44.9 Å². The van der Waals surface area contributed by atoms with Crippen LogP contribution in [0.25, 0.3) is 110 Å². The molecule has 1 aliphatic carbocycles. The van der Waals surface area contributed by atoms with Gasteiger partial charge in [0.15, 0.2) is 0 Å². The largest absolute Gasteiger partial charge is 0.309 e. The summed E-state index contributed by atoms with van der Waals surface area (Å²) in [6.45, 7) is 0. The quantitative estimate of drug-likeness (QED) is 0.185. The molecule has 1 aliphatic rings. The van der Waals surface area contributed by atoms with Gasteiger partial charge < -0.3 is 9.13 Å². The Kier molecular flexibility index (Phi) is 5.50. The normalized spacial score (nSPS) is 12.2. The minimum Gasteiger partial charge on any atom is -0.309 e. The molecule has 11 aromatic rings. The zero-order valence-electron chi connectivity index (χ0n) is 28.1. The average Bonchev–Trinajstić information content (AvgIpc) is 3.84. The molecule has 52 heavy (non-hydrogen) atoms. The second-order valence-corrected chi connectivity index (χ2v) is 14.0. The van der Waals surface area contributed by atoms with Gasteiger partial charge in [0.1, 0.15) is 0 Å². The molecular weight excluding hydrogens is 631 g/mol. The first-order valence-electron chi connectivity index (χ1n) is 17.9. The summed E-state index contributed by atoms with van der Waals surface area (Å²) in [5, 5.41) is 10.1. The lowest BCUT2D eigenvalue weighted by Gasteiger charge is -2.12. The Labute approximate surface area is 299 Å². The summed E-state index contributed by atoms with van der Waals surface area (Å²) in [4.78, 5) is 4.81. The van der Waals surface area contributed by atoms with Crippen molar-refractivity contribution in [3.05, 3.63) is 176 Å². The molecule has 3 aromatic heterocycles. The van der Waals surface area contributed by atoms with Gasteiger partial charge in [-0.1, -0.05) is 103 Å². The summed E-state index contributed by atoms with van der Waals surface area (Å²) in [7, 11) is 0. The van der Waals surface area contributed by atoms with Gasteiger partial charge in [-0.2, -0.15) is 0 Å². The molecule has 0 radical (unpaired) electrons. The second kappa shape index (κ2) is 10.3. The molecule has 0 bridgehead atoms. The number of hydrogen-bond donors (Lipinski definition) is 0. The number of hydrogen-bond acceptors (Lipinski definition) is 1. The summed E-state index contributed by atoms with van der Waals surface area (Å²) >= 11 is 0. The Morgan fingerprint density at radius 1 is 0.346 bits per heavy atom. The monoisotopic (exact) mass is 659 g/mol. The van der Waals surface area contributed by atoms with Crippen molar-refractivity contribution >= 4 is 65.2 Å². The lowest BCUT2D eigenvalue weighted by molar-refractivity contribution is 1.18. The third-order valence-corrected chi connectivity index (χ3v) is 11.2. The maximum Gasteiger partial charge on any atom is 0.0786 e. The van der Waals surface area contributed by atoms with E-state index in [-0.39, 0.29) is 0 Å². The van der Waals surface area contributed by atoms with E-state index in [2.05, 4.69) is 173 Å². The van der Waals surface area contributed by atoms with Crippen LogP contribution in [0, 0.1) is 0 Å². The predicted octanol–water partition coefficient (Wildman–Crippen LogP) is 12.9. The number of rotatable bonds is 3. The summed E-state index contributed by atoms with van der Waals surface area (Å²) < 4.78 is 4.85. The molecule has 12 rings (SSSR count). The second-order valence-electron chi connectivity index (χ2n) is 14.0. The van der Waals surface area contributed by atoms with Gasteiger partial charge in [-0.25, -0.2) is 0 Å². The van der Waals surface area contributed by atoms with Crippen LogP contribution in [0.3, 0.4) is 0 Å². The molecule has 3 nitrogen and oxygen atoms in total. The highest BCUT2D eigenvalue weighted by molar-refractivity contribution is 6.23. The standard InChI is InChI=1S/C49H29N3/c1-2-12-34(13-3-1)51-43-18-7-6-15-37(43)40-27-31(20-22-44(40)51)32-21-23-45-42(28-32)48-36-14-5-4-10-30(36)19-24-46(48)52(45)35-26-33-11-8-16-39-47(33)41(29-35)38-17-9-25-50-49(38)39/h1-29H. The summed E-state index contributed by atoms with van der Waals surface area (Å²) in [5.74, 6) is 0. The first-order chi connectivity index (χ1) is 25.8. The van der Waals surface area contributed by atoms with E-state index in [0.29, 0.717) is 0 Å². The van der Waals surface area contributed by atoms with Crippen LogP contribution >= 0.6 is 0 Å². The molecule has 3 heteroatoms. The van der Waals surface area contributed by atoms with Gasteiger partial charge in [0.25, 0.3) is 0 Å². The van der Waals surface area contributed by atoms with Gasteiger partial charge in [0.05, 0.1) is 27.8 Å². The van der Waals surface area contributed by atoms with E-state index in [0.717, 1.165) is 11.4 Å². The first-order valence-corrected chi connectivity index (χ1v) is 17.9. The van der Waals surface area contributed by atoms with E-state index in [1.165, 1.54) is 98.7 Å². The van der Waals surface area contributed by atoms with Gasteiger partial charge in [-0.15, -0.1) is 0 Å². The number of nitrogens with zero attached hydrogens (tertiary/aromatic N) is 3. The molecule has 0 atom stereocenters. The van der Waals surface area contributed by atoms with Gasteiger partial charge in [0, 0.05) is 50.2 Å². The highest BCUT2D eigenvalue weighted by atomic mass is 15.0. The van der Waals surface area contributed by atoms with Crippen LogP contribution in [0.5, 0.6) is 0 Å². The minimum atomic E-state index is 1.07. The molecule has 0 aliphatic heterocycles. The third kappa shape index (κ3) is 3.72. The van der Waals surface area contributed by atoms with Crippen LogP contribution in [0.4, 0.5) is 0 Å². The minimum absolute atomic E-state index is 1.07. The number of aromatic nitrogens is 3. The Hall–Kier alpha value is -6.97. The summed E-state index contributed by atoms with van der Waals surface area (Å²) in [5.41, 5.74) is 14.3. The van der Waals surface area contributed by atoms with Gasteiger partial charge in [-0.3, -0.25) is 4.98 Å². The van der Waals surface area contributed by atoms with Crippen molar-refractivity contribution in [2.45, 2.75) is 0 Å². The lowest BCUT2D eigenvalue weighted by atomic mass is 9.99. The topological polar surface area (TPSA) is 22.8 Å². The SMILES string of the molecule is c1ccc(-n2c3ccccc3c3cc(-c4ccc5c(c4)c4c6ccccc6ccc4n5-c4cc5c6c(cccc6c4)-c4ncccc4-5)ccc32)cc1. The van der Waals surface area contributed by atoms with Crippen LogP contribution in [0.2, 0.25) is 0 Å². The molecule has 240 valence electrons. The fraction of sp³-hybridized carbons (Fsp3) is 0. The molecule has 0 saturated heterocycles. The van der Waals surface area contributed by atoms with Crippen molar-refractivity contribution in [2.75, 3.05) is 0 Å². The Morgan fingerprint density at radius 2 is 1.02 bits per heavy atom. The molecule has 0 saturated carbocycles. The maximum atomic E-state index is 4.81. The maximum absolute atomic E-state index is 4.81. The molecule has 8 aromatic carbocycles. The molecule has 0 spiro atoms. The van der Waals surface area contributed by atoms with E-state index < -0.39 is 0 Å². The van der Waals surface area contributed by atoms with Crippen LogP contribution in [0.1, 0.15) is 0 Å². The molecule has 0 N–H and O–H groups in total. The Morgan fingerprint density at radius 3 is 1.90 bits per heavy atom. The lowest BCUT2D eigenvalue weighted by Crippen LogP contribution is -1.95.